The predicted molar refractivity (Wildman–Crippen MR) is 103 cm³/mol. The van der Waals surface area contributed by atoms with E-state index in [-0.39, 0.29) is 30.8 Å². The number of esters is 1. The highest BCUT2D eigenvalue weighted by Crippen LogP contribution is 2.27. The van der Waals surface area contributed by atoms with Gasteiger partial charge in [0, 0.05) is 35.5 Å². The van der Waals surface area contributed by atoms with Crippen LogP contribution in [0.1, 0.15) is 34.9 Å². The van der Waals surface area contributed by atoms with Crippen LogP contribution in [-0.4, -0.2) is 34.9 Å². The summed E-state index contributed by atoms with van der Waals surface area (Å²) in [5.41, 5.74) is 1.51. The molecule has 0 aromatic carbocycles. The van der Waals surface area contributed by atoms with Crippen molar-refractivity contribution in [2.45, 2.75) is 39.5 Å². The molecule has 9 nitrogen and oxygen atoms in total. The van der Waals surface area contributed by atoms with Gasteiger partial charge in [-0.15, -0.1) is 16.4 Å². The molecular weight excluding hydrogens is 437 g/mol. The minimum Gasteiger partial charge on any atom is -0.459 e. The van der Waals surface area contributed by atoms with Crippen LogP contribution in [0.3, 0.4) is 0 Å². The fourth-order valence-corrected chi connectivity index (χ4v) is 3.84. The summed E-state index contributed by atoms with van der Waals surface area (Å²) in [5.74, 6) is -1.97. The van der Waals surface area contributed by atoms with Gasteiger partial charge in [0.2, 0.25) is 0 Å². The van der Waals surface area contributed by atoms with Crippen LogP contribution in [0.5, 0.6) is 0 Å². The van der Waals surface area contributed by atoms with Gasteiger partial charge in [-0.05, 0) is 25.8 Å². The second-order valence-electron chi connectivity index (χ2n) is 6.71. The van der Waals surface area contributed by atoms with Gasteiger partial charge in [-0.25, -0.2) is 14.5 Å². The quantitative estimate of drug-likeness (QED) is 0.429. The van der Waals surface area contributed by atoms with Gasteiger partial charge in [-0.2, -0.15) is 18.2 Å². The van der Waals surface area contributed by atoms with E-state index in [4.69, 9.17) is 4.74 Å². The molecule has 0 unspecified atom stereocenters. The summed E-state index contributed by atoms with van der Waals surface area (Å²) >= 11 is 1.29. The highest BCUT2D eigenvalue weighted by molar-refractivity contribution is 7.15. The first-order chi connectivity index (χ1) is 14.6. The molecule has 0 bridgehead atoms. The van der Waals surface area contributed by atoms with Gasteiger partial charge in [0.1, 0.15) is 6.61 Å². The number of fused-ring (bicyclic) bond motifs is 2. The van der Waals surface area contributed by atoms with Crippen LogP contribution >= 0.6 is 11.3 Å². The van der Waals surface area contributed by atoms with Crippen molar-refractivity contribution in [3.8, 4) is 0 Å². The lowest BCUT2D eigenvalue weighted by Crippen LogP contribution is -2.15. The van der Waals surface area contributed by atoms with Crippen LogP contribution in [0, 0.1) is 13.8 Å². The van der Waals surface area contributed by atoms with Crippen LogP contribution in [-0.2, 0) is 28.7 Å². The zero-order chi connectivity index (χ0) is 22.3. The Bertz CT molecular complexity index is 1360. The van der Waals surface area contributed by atoms with Gasteiger partial charge in [0.25, 0.3) is 17.2 Å². The lowest BCUT2D eigenvalue weighted by molar-refractivity contribution is -0.145. The van der Waals surface area contributed by atoms with Crippen molar-refractivity contribution in [3.05, 3.63) is 56.5 Å². The van der Waals surface area contributed by atoms with Crippen LogP contribution in [0.2, 0.25) is 0 Å². The molecule has 0 amide bonds. The summed E-state index contributed by atoms with van der Waals surface area (Å²) in [6.45, 7) is 3.06. The number of carbonyl (C=O) groups is 1. The van der Waals surface area contributed by atoms with E-state index in [1.165, 1.54) is 21.8 Å². The number of aryl methyl sites for hydroxylation is 2. The topological polar surface area (TPSA) is 104 Å². The standard InChI is InChI=1S/C18H15F3N6O3S/c1-9-12(10(2)27-16(22-9)24-15(25-27)18(19,20)21)3-4-14(29)30-8-11-7-13(28)26-5-6-31-17(26)23-11/h5-7H,3-4,8H2,1-2H3. The lowest BCUT2D eigenvalue weighted by Gasteiger charge is -2.10. The molecule has 4 rings (SSSR count). The maximum absolute atomic E-state index is 12.9. The Morgan fingerprint density at radius 1 is 1.23 bits per heavy atom. The van der Waals surface area contributed by atoms with Crippen molar-refractivity contribution < 1.29 is 22.7 Å². The van der Waals surface area contributed by atoms with E-state index in [9.17, 15) is 22.8 Å². The first kappa shape index (κ1) is 20.9. The fourth-order valence-electron chi connectivity index (χ4n) is 3.11. The molecule has 0 radical (unpaired) electrons. The molecule has 0 saturated carbocycles. The van der Waals surface area contributed by atoms with Gasteiger partial charge in [-0.3, -0.25) is 14.0 Å². The number of thiazole rings is 1. The number of hydrogen-bond acceptors (Lipinski definition) is 8. The molecule has 4 aromatic rings. The number of alkyl halides is 3. The molecular formula is C18H15F3N6O3S. The van der Waals surface area contributed by atoms with E-state index in [0.717, 1.165) is 4.52 Å². The summed E-state index contributed by atoms with van der Waals surface area (Å²) in [4.78, 5) is 36.4. The van der Waals surface area contributed by atoms with Crippen LogP contribution < -0.4 is 5.56 Å². The first-order valence-corrected chi connectivity index (χ1v) is 9.93. The summed E-state index contributed by atoms with van der Waals surface area (Å²) in [6.07, 6.45) is -2.91. The Morgan fingerprint density at radius 2 is 2.00 bits per heavy atom. The van der Waals surface area contributed by atoms with Crippen molar-refractivity contribution in [3.63, 3.8) is 0 Å². The zero-order valence-electron chi connectivity index (χ0n) is 16.3. The third kappa shape index (κ3) is 4.13. The fraction of sp³-hybridized carbons (Fsp3) is 0.333. The molecule has 0 aliphatic heterocycles. The SMILES string of the molecule is Cc1nc2nc(C(F)(F)F)nn2c(C)c1CCC(=O)OCc1cc(=O)n2ccsc2n1. The Labute approximate surface area is 176 Å². The summed E-state index contributed by atoms with van der Waals surface area (Å²) in [6, 6.07) is 1.29. The number of hydrogen-bond donors (Lipinski definition) is 0. The lowest BCUT2D eigenvalue weighted by atomic mass is 10.1. The average molecular weight is 452 g/mol. The minimum absolute atomic E-state index is 0.0318. The van der Waals surface area contributed by atoms with E-state index in [0.29, 0.717) is 27.6 Å². The van der Waals surface area contributed by atoms with Crippen molar-refractivity contribution in [1.29, 1.82) is 0 Å². The maximum atomic E-state index is 12.9. The second-order valence-corrected chi connectivity index (χ2v) is 7.58. The normalized spacial score (nSPS) is 12.0. The van der Waals surface area contributed by atoms with E-state index < -0.39 is 18.0 Å². The highest BCUT2D eigenvalue weighted by atomic mass is 32.1. The third-order valence-corrected chi connectivity index (χ3v) is 5.38. The smallest absolute Gasteiger partial charge is 0.453 e. The molecule has 0 saturated heterocycles. The molecule has 4 aromatic heterocycles. The van der Waals surface area contributed by atoms with Gasteiger partial charge in [-0.1, -0.05) is 0 Å². The summed E-state index contributed by atoms with van der Waals surface area (Å²) < 4.78 is 46.2. The highest BCUT2D eigenvalue weighted by Gasteiger charge is 2.37. The van der Waals surface area contributed by atoms with Gasteiger partial charge in [0.05, 0.1) is 5.69 Å². The minimum atomic E-state index is -4.68. The van der Waals surface area contributed by atoms with Crippen molar-refractivity contribution in [2.75, 3.05) is 0 Å². The maximum Gasteiger partial charge on any atom is 0.453 e. The van der Waals surface area contributed by atoms with E-state index in [2.05, 4.69) is 20.1 Å². The number of rotatable bonds is 5. The Hall–Kier alpha value is -3.35. The van der Waals surface area contributed by atoms with Crippen LogP contribution in [0.15, 0.2) is 22.4 Å². The largest absolute Gasteiger partial charge is 0.459 e. The number of ether oxygens (including phenoxy) is 1. The van der Waals surface area contributed by atoms with Crippen molar-refractivity contribution in [1.82, 2.24) is 29.0 Å². The molecule has 13 heteroatoms. The zero-order valence-corrected chi connectivity index (χ0v) is 17.1. The van der Waals surface area contributed by atoms with Gasteiger partial charge in [0.15, 0.2) is 4.96 Å². The average Bonchev–Trinajstić information content (AvgIpc) is 3.33. The van der Waals surface area contributed by atoms with Crippen LogP contribution in [0.4, 0.5) is 13.2 Å². The van der Waals surface area contributed by atoms with E-state index >= 15 is 0 Å². The number of halogens is 3. The Kier molecular flexibility index (Phi) is 5.21. The summed E-state index contributed by atoms with van der Waals surface area (Å²) in [7, 11) is 0. The molecule has 0 spiro atoms. The molecule has 0 fully saturated rings. The number of carbonyl (C=O) groups excluding carboxylic acids is 1. The van der Waals surface area contributed by atoms with Crippen molar-refractivity contribution in [2.24, 2.45) is 0 Å². The second kappa shape index (κ2) is 7.72. The first-order valence-electron chi connectivity index (χ1n) is 9.05. The molecule has 0 aliphatic carbocycles. The molecule has 0 N–H and O–H groups in total. The van der Waals surface area contributed by atoms with Gasteiger partial charge < -0.3 is 4.74 Å². The third-order valence-electron chi connectivity index (χ3n) is 4.62. The van der Waals surface area contributed by atoms with E-state index in [1.807, 2.05) is 0 Å². The molecule has 31 heavy (non-hydrogen) atoms. The summed E-state index contributed by atoms with van der Waals surface area (Å²) in [5, 5.41) is 5.20. The molecule has 0 atom stereocenters. The van der Waals surface area contributed by atoms with Gasteiger partial charge >= 0.3 is 12.1 Å². The molecule has 0 aliphatic rings. The predicted octanol–water partition coefficient (Wildman–Crippen LogP) is 2.51. The Morgan fingerprint density at radius 3 is 2.74 bits per heavy atom. The molecule has 162 valence electrons. The monoisotopic (exact) mass is 452 g/mol. The number of aromatic nitrogens is 6. The van der Waals surface area contributed by atoms with Crippen molar-refractivity contribution >= 4 is 28.0 Å². The molecule has 4 heterocycles. The van der Waals surface area contributed by atoms with Crippen LogP contribution in [0.25, 0.3) is 10.7 Å². The van der Waals surface area contributed by atoms with E-state index in [1.54, 1.807) is 25.4 Å². The number of nitrogens with zero attached hydrogens (tertiary/aromatic N) is 6. The Balaban J connectivity index is 1.45.